The normalized spacial score (nSPS) is 13.0. The molecule has 0 fully saturated rings. The lowest BCUT2D eigenvalue weighted by atomic mass is 10.1. The maximum absolute atomic E-state index is 11.8. The first-order valence-electron chi connectivity index (χ1n) is 9.32. The maximum Gasteiger partial charge on any atom is 0.303 e. The van der Waals surface area contributed by atoms with Gasteiger partial charge in [0.1, 0.15) is 0 Å². The van der Waals surface area contributed by atoms with E-state index in [4.69, 9.17) is 9.84 Å². The van der Waals surface area contributed by atoms with Gasteiger partial charge in [-0.3, -0.25) is 4.79 Å². The molecule has 3 N–H and O–H groups in total. The number of aliphatic hydroxyl groups excluding tert-OH is 1. The lowest BCUT2D eigenvalue weighted by molar-refractivity contribution is -0.137. The number of aliphatic hydroxyl groups is 1. The zero-order chi connectivity index (χ0) is 19.0. The fourth-order valence-electron chi connectivity index (χ4n) is 2.28. The van der Waals surface area contributed by atoms with Crippen LogP contribution in [0.25, 0.3) is 0 Å². The van der Waals surface area contributed by atoms with Crippen LogP contribution in [-0.2, 0) is 19.6 Å². The van der Waals surface area contributed by atoms with Crippen LogP contribution in [0, 0.1) is 0 Å². The van der Waals surface area contributed by atoms with E-state index in [1.54, 1.807) is 0 Å². The van der Waals surface area contributed by atoms with Crippen molar-refractivity contribution in [3.8, 4) is 0 Å². The number of nitrogens with one attached hydrogen (secondary N) is 1. The monoisotopic (exact) mass is 381 g/mol. The van der Waals surface area contributed by atoms with Crippen LogP contribution in [0.5, 0.6) is 0 Å². The molecule has 0 radical (unpaired) electrons. The average Bonchev–Trinajstić information content (AvgIpc) is 2.54. The lowest BCUT2D eigenvalue weighted by Gasteiger charge is -2.11. The standard InChI is InChI=1S/C17H35NO6S/c1-2-3-13-24-15-16(19)10-7-9-14-25(22,23)18-12-8-5-4-6-11-17(20)21/h16,18-19H,2-15H2,1H3,(H,20,21). The minimum Gasteiger partial charge on any atom is -0.481 e. The Morgan fingerprint density at radius 1 is 1.08 bits per heavy atom. The van der Waals surface area contributed by atoms with E-state index in [2.05, 4.69) is 11.6 Å². The molecule has 0 aromatic rings. The predicted molar refractivity (Wildman–Crippen MR) is 98.1 cm³/mol. The largest absolute Gasteiger partial charge is 0.481 e. The van der Waals surface area contributed by atoms with Crippen molar-refractivity contribution in [1.82, 2.24) is 4.72 Å². The molecule has 0 aliphatic rings. The number of rotatable bonds is 18. The van der Waals surface area contributed by atoms with Crippen molar-refractivity contribution in [2.24, 2.45) is 0 Å². The SMILES string of the molecule is CCCCOCC(O)CCCCS(=O)(=O)NCCCCCCC(=O)O. The van der Waals surface area contributed by atoms with E-state index in [9.17, 15) is 18.3 Å². The molecule has 25 heavy (non-hydrogen) atoms. The quantitative estimate of drug-likeness (QED) is 0.314. The molecule has 0 aliphatic heterocycles. The van der Waals surface area contributed by atoms with Crippen LogP contribution in [0.4, 0.5) is 0 Å². The highest BCUT2D eigenvalue weighted by atomic mass is 32.2. The average molecular weight is 382 g/mol. The molecule has 0 saturated heterocycles. The van der Waals surface area contributed by atoms with Crippen LogP contribution in [0.3, 0.4) is 0 Å². The van der Waals surface area contributed by atoms with Crippen molar-refractivity contribution in [3.63, 3.8) is 0 Å². The minimum atomic E-state index is -3.27. The molecule has 1 unspecified atom stereocenters. The highest BCUT2D eigenvalue weighted by Crippen LogP contribution is 2.05. The van der Waals surface area contributed by atoms with Gasteiger partial charge in [-0.2, -0.15) is 0 Å². The summed E-state index contributed by atoms with van der Waals surface area (Å²) >= 11 is 0. The Kier molecular flexibility index (Phi) is 15.1. The third kappa shape index (κ3) is 17.9. The predicted octanol–water partition coefficient (Wildman–Crippen LogP) is 2.29. The Balaban J connectivity index is 3.55. The molecule has 0 rings (SSSR count). The van der Waals surface area contributed by atoms with Gasteiger partial charge in [-0.05, 0) is 38.5 Å². The minimum absolute atomic E-state index is 0.0649. The molecule has 0 saturated carbocycles. The fourth-order valence-corrected chi connectivity index (χ4v) is 3.46. The van der Waals surface area contributed by atoms with Crippen LogP contribution >= 0.6 is 0 Å². The zero-order valence-electron chi connectivity index (χ0n) is 15.4. The number of unbranched alkanes of at least 4 members (excludes halogenated alkanes) is 5. The smallest absolute Gasteiger partial charge is 0.303 e. The molecule has 7 nitrogen and oxygen atoms in total. The molecule has 0 heterocycles. The van der Waals surface area contributed by atoms with Crippen molar-refractivity contribution >= 4 is 16.0 Å². The summed E-state index contributed by atoms with van der Waals surface area (Å²) in [6.07, 6.45) is 6.35. The van der Waals surface area contributed by atoms with Gasteiger partial charge in [0.2, 0.25) is 10.0 Å². The molecule has 0 spiro atoms. The number of carboxylic acids is 1. The summed E-state index contributed by atoms with van der Waals surface area (Å²) in [5, 5.41) is 18.2. The zero-order valence-corrected chi connectivity index (χ0v) is 16.2. The summed E-state index contributed by atoms with van der Waals surface area (Å²) in [7, 11) is -3.27. The number of hydrogen-bond acceptors (Lipinski definition) is 5. The van der Waals surface area contributed by atoms with Crippen molar-refractivity contribution < 1.29 is 28.2 Å². The molecule has 0 aromatic heterocycles. The van der Waals surface area contributed by atoms with Crippen LogP contribution in [-0.4, -0.2) is 56.2 Å². The van der Waals surface area contributed by atoms with E-state index >= 15 is 0 Å². The number of aliphatic carboxylic acids is 1. The third-order valence-corrected chi connectivity index (χ3v) is 5.26. The van der Waals surface area contributed by atoms with Crippen molar-refractivity contribution in [1.29, 1.82) is 0 Å². The van der Waals surface area contributed by atoms with Gasteiger partial charge in [-0.25, -0.2) is 13.1 Å². The lowest BCUT2D eigenvalue weighted by Crippen LogP contribution is -2.27. The first-order valence-corrected chi connectivity index (χ1v) is 11.0. The van der Waals surface area contributed by atoms with Gasteiger partial charge >= 0.3 is 5.97 Å². The van der Waals surface area contributed by atoms with E-state index in [-0.39, 0.29) is 12.2 Å². The molecular formula is C17H35NO6S. The summed E-state index contributed by atoms with van der Waals surface area (Å²) in [5.74, 6) is -0.728. The number of hydrogen-bond donors (Lipinski definition) is 3. The topological polar surface area (TPSA) is 113 Å². The van der Waals surface area contributed by atoms with Crippen molar-refractivity contribution in [2.75, 3.05) is 25.5 Å². The summed E-state index contributed by atoms with van der Waals surface area (Å²) in [6.45, 7) is 3.44. The summed E-state index contributed by atoms with van der Waals surface area (Å²) in [6, 6.07) is 0. The second-order valence-corrected chi connectivity index (χ2v) is 8.28. The Labute approximate surface area is 152 Å². The summed E-state index contributed by atoms with van der Waals surface area (Å²) < 4.78 is 31.5. The van der Waals surface area contributed by atoms with Gasteiger partial charge in [0, 0.05) is 19.6 Å². The molecule has 8 heteroatoms. The summed E-state index contributed by atoms with van der Waals surface area (Å²) in [5.41, 5.74) is 0. The second kappa shape index (κ2) is 15.5. The Morgan fingerprint density at radius 3 is 2.48 bits per heavy atom. The van der Waals surface area contributed by atoms with Crippen molar-refractivity contribution in [2.45, 2.75) is 77.2 Å². The highest BCUT2D eigenvalue weighted by molar-refractivity contribution is 7.89. The molecule has 1 atom stereocenters. The van der Waals surface area contributed by atoms with Gasteiger partial charge in [-0.15, -0.1) is 0 Å². The first-order chi connectivity index (χ1) is 11.9. The van der Waals surface area contributed by atoms with E-state index in [0.717, 1.165) is 25.7 Å². The third-order valence-electron chi connectivity index (χ3n) is 3.79. The van der Waals surface area contributed by atoms with E-state index in [1.165, 1.54) is 0 Å². The van der Waals surface area contributed by atoms with E-state index < -0.39 is 22.1 Å². The van der Waals surface area contributed by atoms with Gasteiger partial charge in [0.15, 0.2) is 0 Å². The van der Waals surface area contributed by atoms with Gasteiger partial charge in [0.25, 0.3) is 0 Å². The van der Waals surface area contributed by atoms with E-state index in [1.807, 2.05) is 0 Å². The molecule has 0 amide bonds. The summed E-state index contributed by atoms with van der Waals surface area (Å²) in [4.78, 5) is 10.4. The van der Waals surface area contributed by atoms with Gasteiger partial charge in [-0.1, -0.05) is 26.2 Å². The maximum atomic E-state index is 11.8. The Hall–Kier alpha value is -0.700. The Bertz CT molecular complexity index is 427. The van der Waals surface area contributed by atoms with Crippen LogP contribution in [0.1, 0.15) is 71.1 Å². The Morgan fingerprint density at radius 2 is 1.80 bits per heavy atom. The van der Waals surface area contributed by atoms with Crippen LogP contribution in [0.2, 0.25) is 0 Å². The number of carbonyl (C=O) groups is 1. The highest BCUT2D eigenvalue weighted by Gasteiger charge is 2.10. The number of sulfonamides is 1. The van der Waals surface area contributed by atoms with Crippen LogP contribution in [0.15, 0.2) is 0 Å². The molecule has 150 valence electrons. The number of ether oxygens (including phenoxy) is 1. The van der Waals surface area contributed by atoms with E-state index in [0.29, 0.717) is 51.9 Å². The van der Waals surface area contributed by atoms with Crippen LogP contribution < -0.4 is 4.72 Å². The molecular weight excluding hydrogens is 346 g/mol. The number of carboxylic acid groups (broad SMARTS) is 1. The first kappa shape index (κ1) is 24.3. The molecule has 0 aromatic carbocycles. The van der Waals surface area contributed by atoms with Gasteiger partial charge in [0.05, 0.1) is 18.5 Å². The van der Waals surface area contributed by atoms with Gasteiger partial charge < -0.3 is 14.9 Å². The van der Waals surface area contributed by atoms with Crippen molar-refractivity contribution in [3.05, 3.63) is 0 Å². The molecule has 0 aliphatic carbocycles. The molecule has 0 bridgehead atoms. The second-order valence-electron chi connectivity index (χ2n) is 6.35. The fraction of sp³-hybridized carbons (Fsp3) is 0.941.